The van der Waals surface area contributed by atoms with Crippen molar-refractivity contribution in [3.05, 3.63) is 95.6 Å². The van der Waals surface area contributed by atoms with E-state index in [9.17, 15) is 9.00 Å². The van der Waals surface area contributed by atoms with Crippen LogP contribution in [0.5, 0.6) is 0 Å². The summed E-state index contributed by atoms with van der Waals surface area (Å²) in [6.45, 7) is 8.42. The van der Waals surface area contributed by atoms with E-state index in [0.717, 1.165) is 20.9 Å². The Morgan fingerprint density at radius 3 is 2.07 bits per heavy atom. The van der Waals surface area contributed by atoms with Crippen molar-refractivity contribution in [2.75, 3.05) is 0 Å². The maximum atomic E-state index is 13.5. The molecule has 3 heteroatoms. The number of ketones is 1. The van der Waals surface area contributed by atoms with E-state index in [1.54, 1.807) is 0 Å². The lowest BCUT2D eigenvalue weighted by molar-refractivity contribution is 0.0934. The van der Waals surface area contributed by atoms with E-state index in [0.29, 0.717) is 12.0 Å². The molecule has 0 unspecified atom stereocenters. The number of hydrogen-bond donors (Lipinski definition) is 0. The topological polar surface area (TPSA) is 34.1 Å². The molecule has 0 N–H and O–H groups in total. The fraction of sp³-hybridized carbons (Fsp3) is 0.269. The van der Waals surface area contributed by atoms with Crippen LogP contribution in [0.15, 0.2) is 88.7 Å². The summed E-state index contributed by atoms with van der Waals surface area (Å²) in [4.78, 5) is 15.0. The zero-order valence-electron chi connectivity index (χ0n) is 17.5. The number of Topliss-reactive ketones (excluding diaryl/α,β-unsaturated/α-hetero) is 1. The van der Waals surface area contributed by atoms with Gasteiger partial charge in [-0.2, -0.15) is 0 Å². The summed E-state index contributed by atoms with van der Waals surface area (Å²) in [5.74, 6) is -0.267. The zero-order chi connectivity index (χ0) is 21.0. The normalized spacial score (nSPS) is 13.7. The summed E-state index contributed by atoms with van der Waals surface area (Å²) in [7, 11) is -1.34. The van der Waals surface area contributed by atoms with Crippen molar-refractivity contribution < 1.29 is 9.00 Å². The van der Waals surface area contributed by atoms with E-state index in [4.69, 9.17) is 0 Å². The van der Waals surface area contributed by atoms with Crippen molar-refractivity contribution in [3.63, 3.8) is 0 Å². The number of benzene rings is 3. The first-order valence-electron chi connectivity index (χ1n) is 9.93. The van der Waals surface area contributed by atoms with Crippen LogP contribution in [0.3, 0.4) is 0 Å². The molecule has 3 aromatic carbocycles. The lowest BCUT2D eigenvalue weighted by atomic mass is 9.78. The monoisotopic (exact) mass is 404 g/mol. The van der Waals surface area contributed by atoms with E-state index >= 15 is 0 Å². The Labute approximate surface area is 176 Å². The minimum absolute atomic E-state index is 0.0480. The number of hydrogen-bond acceptors (Lipinski definition) is 2. The second-order valence-corrected chi connectivity index (χ2v) is 10.1. The van der Waals surface area contributed by atoms with Crippen molar-refractivity contribution in [3.8, 4) is 0 Å². The molecule has 0 aliphatic carbocycles. The molecule has 2 nitrogen and oxygen atoms in total. The minimum atomic E-state index is -1.34. The number of carbonyl (C=O) groups is 1. The first-order chi connectivity index (χ1) is 13.8. The highest BCUT2D eigenvalue weighted by molar-refractivity contribution is 7.85. The number of aryl methyl sites for hydroxylation is 1. The average molecular weight is 405 g/mol. The van der Waals surface area contributed by atoms with Gasteiger partial charge in [0.2, 0.25) is 0 Å². The SMILES string of the molecule is Cc1ccc([S@](=O)c2ccccc2[C@H](CC(C)(C)C)C(=O)c2ccccc2)cc1. The fourth-order valence-corrected chi connectivity index (χ4v) is 4.75. The van der Waals surface area contributed by atoms with Gasteiger partial charge >= 0.3 is 0 Å². The van der Waals surface area contributed by atoms with Crippen LogP contribution in [-0.4, -0.2) is 9.99 Å². The summed E-state index contributed by atoms with van der Waals surface area (Å²) in [6, 6.07) is 24.8. The van der Waals surface area contributed by atoms with E-state index in [1.165, 1.54) is 0 Å². The van der Waals surface area contributed by atoms with Crippen LogP contribution in [0.1, 0.15) is 54.6 Å². The van der Waals surface area contributed by atoms with Gasteiger partial charge in [-0.1, -0.05) is 87.0 Å². The van der Waals surface area contributed by atoms with Crippen LogP contribution in [0.2, 0.25) is 0 Å². The quantitative estimate of drug-likeness (QED) is 0.436. The molecule has 0 aliphatic heterocycles. The molecule has 0 bridgehead atoms. The Morgan fingerprint density at radius 2 is 1.45 bits per heavy atom. The van der Waals surface area contributed by atoms with Crippen molar-refractivity contribution in [1.29, 1.82) is 0 Å². The van der Waals surface area contributed by atoms with E-state index in [1.807, 2.05) is 85.8 Å². The molecule has 0 aliphatic rings. The third kappa shape index (κ3) is 5.30. The van der Waals surface area contributed by atoms with Gasteiger partial charge in [-0.3, -0.25) is 4.79 Å². The summed E-state index contributed by atoms with van der Waals surface area (Å²) < 4.78 is 13.4. The highest BCUT2D eigenvalue weighted by atomic mass is 32.2. The Balaban J connectivity index is 2.08. The molecule has 2 atom stereocenters. The Morgan fingerprint density at radius 1 is 0.862 bits per heavy atom. The molecular formula is C26H28O2S. The van der Waals surface area contributed by atoms with Gasteiger partial charge in [0.1, 0.15) is 0 Å². The standard InChI is InChI=1S/C26H28O2S/c1-19-14-16-21(17-15-19)29(28)24-13-9-8-12-22(24)23(18-26(2,3)4)25(27)20-10-6-5-7-11-20/h5-17,23H,18H2,1-4H3/t23-,29-/m0/s1. The Kier molecular flexibility index (Phi) is 6.49. The second kappa shape index (κ2) is 8.87. The molecule has 0 saturated carbocycles. The summed E-state index contributed by atoms with van der Waals surface area (Å²) in [5.41, 5.74) is 2.63. The predicted molar refractivity (Wildman–Crippen MR) is 120 cm³/mol. The summed E-state index contributed by atoms with van der Waals surface area (Å²) in [6.07, 6.45) is 0.683. The molecule has 29 heavy (non-hydrogen) atoms. The third-order valence-corrected chi connectivity index (χ3v) is 6.39. The van der Waals surface area contributed by atoms with Crippen molar-refractivity contribution >= 4 is 16.6 Å². The molecule has 0 aromatic heterocycles. The molecule has 0 heterocycles. The average Bonchev–Trinajstić information content (AvgIpc) is 2.71. The first-order valence-corrected chi connectivity index (χ1v) is 11.1. The summed E-state index contributed by atoms with van der Waals surface area (Å²) in [5, 5.41) is 0. The van der Waals surface area contributed by atoms with Crippen LogP contribution in [0, 0.1) is 12.3 Å². The first kappa shape index (κ1) is 21.2. The van der Waals surface area contributed by atoms with Crippen LogP contribution in [0.4, 0.5) is 0 Å². The third-order valence-electron chi connectivity index (χ3n) is 4.92. The molecular weight excluding hydrogens is 376 g/mol. The molecule has 0 radical (unpaired) electrons. The largest absolute Gasteiger partial charge is 0.293 e. The van der Waals surface area contributed by atoms with Crippen LogP contribution < -0.4 is 0 Å². The van der Waals surface area contributed by atoms with Gasteiger partial charge in [0.25, 0.3) is 0 Å². The van der Waals surface area contributed by atoms with Crippen LogP contribution in [0.25, 0.3) is 0 Å². The Bertz CT molecular complexity index is 999. The number of carbonyl (C=O) groups excluding carboxylic acids is 1. The van der Waals surface area contributed by atoms with Gasteiger partial charge < -0.3 is 0 Å². The van der Waals surface area contributed by atoms with Crippen molar-refractivity contribution in [2.24, 2.45) is 5.41 Å². The molecule has 0 fully saturated rings. The van der Waals surface area contributed by atoms with E-state index < -0.39 is 10.8 Å². The van der Waals surface area contributed by atoms with Gasteiger partial charge in [0.05, 0.1) is 10.8 Å². The van der Waals surface area contributed by atoms with Crippen molar-refractivity contribution in [1.82, 2.24) is 0 Å². The maximum absolute atomic E-state index is 13.5. The Hall–Kier alpha value is -2.52. The molecule has 0 spiro atoms. The van der Waals surface area contributed by atoms with E-state index in [2.05, 4.69) is 20.8 Å². The minimum Gasteiger partial charge on any atom is -0.293 e. The van der Waals surface area contributed by atoms with Gasteiger partial charge in [-0.15, -0.1) is 0 Å². The lowest BCUT2D eigenvalue weighted by Gasteiger charge is -2.27. The van der Waals surface area contributed by atoms with Gasteiger partial charge in [-0.25, -0.2) is 4.21 Å². The zero-order valence-corrected chi connectivity index (χ0v) is 18.3. The van der Waals surface area contributed by atoms with Crippen molar-refractivity contribution in [2.45, 2.75) is 49.8 Å². The molecule has 0 amide bonds. The number of rotatable bonds is 6. The maximum Gasteiger partial charge on any atom is 0.170 e. The van der Waals surface area contributed by atoms with Gasteiger partial charge in [0, 0.05) is 21.3 Å². The molecule has 0 saturated heterocycles. The molecule has 3 rings (SSSR count). The smallest absolute Gasteiger partial charge is 0.170 e. The predicted octanol–water partition coefficient (Wildman–Crippen LogP) is 6.56. The highest BCUT2D eigenvalue weighted by Crippen LogP contribution is 2.37. The fourth-order valence-electron chi connectivity index (χ4n) is 3.49. The highest BCUT2D eigenvalue weighted by Gasteiger charge is 2.30. The summed E-state index contributed by atoms with van der Waals surface area (Å²) >= 11 is 0. The van der Waals surface area contributed by atoms with Gasteiger partial charge in [-0.05, 0) is 42.5 Å². The van der Waals surface area contributed by atoms with Crippen LogP contribution in [-0.2, 0) is 10.8 Å². The molecule has 3 aromatic rings. The lowest BCUT2D eigenvalue weighted by Crippen LogP contribution is -2.21. The van der Waals surface area contributed by atoms with Gasteiger partial charge in [0.15, 0.2) is 5.78 Å². The van der Waals surface area contributed by atoms with E-state index in [-0.39, 0.29) is 17.1 Å². The van der Waals surface area contributed by atoms with Crippen LogP contribution >= 0.6 is 0 Å². The second-order valence-electron chi connectivity index (χ2n) is 8.67. The molecule has 150 valence electrons.